The molecule has 0 aliphatic heterocycles. The number of hydrogen-bond donors (Lipinski definition) is 0. The summed E-state index contributed by atoms with van der Waals surface area (Å²) < 4.78 is 73.7. The molecule has 1 aliphatic carbocycles. The Labute approximate surface area is 201 Å². The molecule has 6 nitrogen and oxygen atoms in total. The molecule has 1 fully saturated rings. The molecule has 0 atom stereocenters. The van der Waals surface area contributed by atoms with Gasteiger partial charge in [0.2, 0.25) is 40.7 Å². The predicted octanol–water partition coefficient (Wildman–Crippen LogP) is 6.22. The van der Waals surface area contributed by atoms with Gasteiger partial charge in [0.25, 0.3) is 0 Å². The van der Waals surface area contributed by atoms with E-state index in [1.54, 1.807) is 6.34 Å². The maximum Gasteiger partial charge on any atom is 0.235 e. The van der Waals surface area contributed by atoms with Crippen LogP contribution in [0.15, 0.2) is 20.7 Å². The van der Waals surface area contributed by atoms with Crippen LogP contribution < -0.4 is 9.57 Å². The molecule has 0 radical (unpaired) electrons. The smallest absolute Gasteiger partial charge is 0.235 e. The zero-order chi connectivity index (χ0) is 25.0. The average molecular weight is 549 g/mol. The van der Waals surface area contributed by atoms with Crippen LogP contribution in [-0.2, 0) is 0 Å². The van der Waals surface area contributed by atoms with Crippen molar-refractivity contribution in [2.45, 2.75) is 45.6 Å². The lowest BCUT2D eigenvalue weighted by Crippen LogP contribution is -2.25. The fourth-order valence-electron chi connectivity index (χ4n) is 3.07. The topological polar surface area (TPSA) is 59.3 Å². The monoisotopic (exact) mass is 548 g/mol. The summed E-state index contributed by atoms with van der Waals surface area (Å²) in [6.45, 7) is 4.65. The quantitative estimate of drug-likeness (QED) is 0.103. The molecule has 3 rings (SSSR count). The van der Waals surface area contributed by atoms with Crippen LogP contribution in [-0.4, -0.2) is 41.6 Å². The van der Waals surface area contributed by atoms with Gasteiger partial charge in [0, 0.05) is 13.6 Å². The molecule has 1 saturated carbocycles. The lowest BCUT2D eigenvalue weighted by Gasteiger charge is -2.24. The second-order valence-corrected chi connectivity index (χ2v) is 8.52. The van der Waals surface area contributed by atoms with Crippen molar-refractivity contribution in [1.82, 2.24) is 9.88 Å². The largest absolute Gasteiger partial charge is 0.474 e. The van der Waals surface area contributed by atoms with E-state index in [2.05, 4.69) is 35.9 Å². The molecule has 184 valence electrons. The standard InChI is InChI=1S/C22H22BrF5N4O2/c1-4-32(3)10-29-15-9-14(23)22(30-11(15)2)33-13-7-5-12(6-8-13)31-34-21-19(27)17(25)16(24)18(26)20(21)28/h9-10,13H,4-8H2,1-3H3. The zero-order valence-electron chi connectivity index (χ0n) is 18.6. The van der Waals surface area contributed by atoms with Gasteiger partial charge in [-0.2, -0.15) is 8.78 Å². The number of ether oxygens (including phenoxy) is 1. The Hall–Kier alpha value is -2.76. The van der Waals surface area contributed by atoms with Crippen molar-refractivity contribution in [3.05, 3.63) is 45.3 Å². The normalized spacial score (nSPS) is 16.1. The summed E-state index contributed by atoms with van der Waals surface area (Å²) >= 11 is 3.45. The molecule has 0 unspecified atom stereocenters. The van der Waals surface area contributed by atoms with E-state index in [0.717, 1.165) is 6.54 Å². The average Bonchev–Trinajstić information content (AvgIpc) is 2.83. The van der Waals surface area contributed by atoms with E-state index in [1.165, 1.54) is 0 Å². The molecule has 12 heteroatoms. The van der Waals surface area contributed by atoms with E-state index in [-0.39, 0.29) is 6.10 Å². The lowest BCUT2D eigenvalue weighted by molar-refractivity contribution is 0.168. The summed E-state index contributed by atoms with van der Waals surface area (Å²) in [5, 5.41) is 3.59. The molecular formula is C22H22BrF5N4O2. The third kappa shape index (κ3) is 5.83. The third-order valence-electron chi connectivity index (χ3n) is 5.22. The van der Waals surface area contributed by atoms with Gasteiger partial charge < -0.3 is 14.5 Å². The minimum atomic E-state index is -2.25. The molecule has 1 aromatic heterocycles. The molecule has 34 heavy (non-hydrogen) atoms. The number of aliphatic imine (C=N–C) groups is 1. The molecule has 1 aliphatic rings. The molecular weight excluding hydrogens is 527 g/mol. The number of halogens is 6. The number of aromatic nitrogens is 1. The van der Waals surface area contributed by atoms with Gasteiger partial charge >= 0.3 is 0 Å². The van der Waals surface area contributed by atoms with Crippen molar-refractivity contribution in [2.24, 2.45) is 10.1 Å². The van der Waals surface area contributed by atoms with E-state index in [9.17, 15) is 22.0 Å². The second-order valence-electron chi connectivity index (χ2n) is 7.66. The summed E-state index contributed by atoms with van der Waals surface area (Å²) in [7, 11) is 1.91. The summed E-state index contributed by atoms with van der Waals surface area (Å²) in [5.74, 6) is -11.6. The van der Waals surface area contributed by atoms with Crippen molar-refractivity contribution in [3.8, 4) is 11.6 Å². The van der Waals surface area contributed by atoms with Crippen molar-refractivity contribution < 1.29 is 31.5 Å². The molecule has 0 spiro atoms. The number of oxime groups is 1. The Bertz CT molecular complexity index is 1090. The minimum Gasteiger partial charge on any atom is -0.474 e. The van der Waals surface area contributed by atoms with Crippen LogP contribution in [0.3, 0.4) is 0 Å². The van der Waals surface area contributed by atoms with Crippen LogP contribution in [0.1, 0.15) is 38.3 Å². The fourth-order valence-corrected chi connectivity index (χ4v) is 3.47. The van der Waals surface area contributed by atoms with Gasteiger partial charge in [-0.15, -0.1) is 0 Å². The first kappa shape index (κ1) is 25.9. The minimum absolute atomic E-state index is 0.211. The van der Waals surface area contributed by atoms with Gasteiger partial charge in [-0.05, 0) is 61.5 Å². The molecule has 1 aromatic carbocycles. The Morgan fingerprint density at radius 1 is 1.09 bits per heavy atom. The van der Waals surface area contributed by atoms with E-state index in [1.807, 2.05) is 31.9 Å². The summed E-state index contributed by atoms with van der Waals surface area (Å²) in [5.41, 5.74) is 1.80. The Morgan fingerprint density at radius 2 is 1.68 bits per heavy atom. The van der Waals surface area contributed by atoms with Gasteiger partial charge in [-0.3, -0.25) is 0 Å². The number of benzene rings is 1. The Kier molecular flexibility index (Phi) is 8.45. The summed E-state index contributed by atoms with van der Waals surface area (Å²) in [4.78, 5) is 15.4. The van der Waals surface area contributed by atoms with Crippen LogP contribution in [0.2, 0.25) is 0 Å². The highest BCUT2D eigenvalue weighted by atomic mass is 79.9. The fraction of sp³-hybridized carbons (Fsp3) is 0.409. The van der Waals surface area contributed by atoms with Gasteiger partial charge in [-0.25, -0.2) is 23.1 Å². The summed E-state index contributed by atoms with van der Waals surface area (Å²) in [6, 6.07) is 1.81. The van der Waals surface area contributed by atoms with E-state index in [0.29, 0.717) is 53.1 Å². The van der Waals surface area contributed by atoms with Crippen LogP contribution in [0.4, 0.5) is 27.6 Å². The molecule has 0 amide bonds. The highest BCUT2D eigenvalue weighted by Gasteiger charge is 2.28. The number of aryl methyl sites for hydroxylation is 1. The first-order valence-electron chi connectivity index (χ1n) is 10.4. The zero-order valence-corrected chi connectivity index (χ0v) is 20.2. The summed E-state index contributed by atoms with van der Waals surface area (Å²) in [6.07, 6.45) is 3.19. The SMILES string of the molecule is CCN(C)C=Nc1cc(Br)c(OC2CCC(=NOc3c(F)c(F)c(F)c(F)c3F)CC2)nc1C. The molecule has 0 N–H and O–H groups in total. The highest BCUT2D eigenvalue weighted by molar-refractivity contribution is 9.10. The number of pyridine rings is 1. The Morgan fingerprint density at radius 3 is 2.26 bits per heavy atom. The molecule has 1 heterocycles. The maximum absolute atomic E-state index is 13.7. The predicted molar refractivity (Wildman–Crippen MR) is 120 cm³/mol. The van der Waals surface area contributed by atoms with Gasteiger partial charge in [0.05, 0.1) is 27.9 Å². The van der Waals surface area contributed by atoms with Gasteiger partial charge in [0.15, 0.2) is 0 Å². The van der Waals surface area contributed by atoms with Crippen LogP contribution in [0.5, 0.6) is 11.6 Å². The second kappa shape index (κ2) is 11.1. The van der Waals surface area contributed by atoms with Crippen molar-refractivity contribution in [1.29, 1.82) is 0 Å². The van der Waals surface area contributed by atoms with Crippen molar-refractivity contribution in [3.63, 3.8) is 0 Å². The van der Waals surface area contributed by atoms with Gasteiger partial charge in [-0.1, -0.05) is 5.16 Å². The van der Waals surface area contributed by atoms with Crippen LogP contribution >= 0.6 is 15.9 Å². The third-order valence-corrected chi connectivity index (χ3v) is 5.79. The molecule has 2 aromatic rings. The first-order valence-corrected chi connectivity index (χ1v) is 11.2. The van der Waals surface area contributed by atoms with Crippen LogP contribution in [0, 0.1) is 36.0 Å². The number of rotatable bonds is 7. The lowest BCUT2D eigenvalue weighted by atomic mass is 9.96. The van der Waals surface area contributed by atoms with Crippen molar-refractivity contribution in [2.75, 3.05) is 13.6 Å². The molecule has 0 bridgehead atoms. The van der Waals surface area contributed by atoms with Crippen molar-refractivity contribution >= 4 is 33.7 Å². The first-order chi connectivity index (χ1) is 16.1. The number of nitrogens with zero attached hydrogens (tertiary/aromatic N) is 4. The Balaban J connectivity index is 1.62. The van der Waals surface area contributed by atoms with E-state index < -0.39 is 34.8 Å². The van der Waals surface area contributed by atoms with Crippen LogP contribution in [0.25, 0.3) is 0 Å². The molecule has 0 saturated heterocycles. The maximum atomic E-state index is 13.7. The van der Waals surface area contributed by atoms with E-state index in [4.69, 9.17) is 4.74 Å². The van der Waals surface area contributed by atoms with E-state index >= 15 is 0 Å². The highest BCUT2D eigenvalue weighted by Crippen LogP contribution is 2.33. The van der Waals surface area contributed by atoms with Gasteiger partial charge in [0.1, 0.15) is 6.10 Å². The number of hydrogen-bond acceptors (Lipinski definition) is 5.